The minimum Gasteiger partial charge on any atom is -0.454 e. The molecule has 0 aliphatic rings. The summed E-state index contributed by atoms with van der Waals surface area (Å²) in [5.74, 6) is -2.18. The minimum absolute atomic E-state index is 0.247. The molecule has 1 atom stereocenters. The van der Waals surface area contributed by atoms with Crippen LogP contribution in [0.1, 0.15) is 26.3 Å². The maximum Gasteiger partial charge on any atom is 0.736 e. The maximum atomic E-state index is 11.5. The molecule has 0 heterocycles. The molecule has 0 saturated carbocycles. The van der Waals surface area contributed by atoms with Crippen molar-refractivity contribution >= 4 is 26.7 Å². The first-order valence-corrected chi connectivity index (χ1v) is 8.74. The summed E-state index contributed by atoms with van der Waals surface area (Å²) in [5, 5.41) is 0. The van der Waals surface area contributed by atoms with Crippen molar-refractivity contribution in [2.24, 2.45) is 0 Å². The van der Waals surface area contributed by atoms with Crippen LogP contribution >= 0.6 is 0 Å². The lowest BCUT2D eigenvalue weighted by Crippen LogP contribution is -2.60. The lowest BCUT2D eigenvalue weighted by atomic mass is 10.2. The van der Waals surface area contributed by atoms with Crippen LogP contribution in [-0.4, -0.2) is 39.5 Å². The summed E-state index contributed by atoms with van der Waals surface area (Å²) in [6, 6.07) is 9.17. The number of ether oxygens (including phenoxy) is 1. The average molecular weight is 340 g/mol. The van der Waals surface area contributed by atoms with Gasteiger partial charge in [0.2, 0.25) is 0 Å². The molecule has 0 N–H and O–H groups in total. The van der Waals surface area contributed by atoms with Crippen molar-refractivity contribution < 1.29 is 32.4 Å². The first kappa shape index (κ1) is 18.9. The van der Waals surface area contributed by atoms with E-state index in [4.69, 9.17) is 18.0 Å². The molecule has 0 aliphatic heterocycles. The summed E-state index contributed by atoms with van der Waals surface area (Å²) in [6.07, 6.45) is 0.247. The zero-order chi connectivity index (χ0) is 17.5. The standard InChI is InChI=1S/C15H20O7Si/c1-11(16)20-23(21-12(2)17,22-13(3)18)15(19-4)10-14-8-6-5-7-9-14/h5-9,15H,10H2,1-4H3. The number of carbonyl (C=O) groups is 3. The van der Waals surface area contributed by atoms with Crippen LogP contribution in [0.3, 0.4) is 0 Å². The van der Waals surface area contributed by atoms with Gasteiger partial charge in [-0.2, -0.15) is 0 Å². The first-order chi connectivity index (χ1) is 10.8. The highest BCUT2D eigenvalue weighted by Gasteiger charge is 2.60. The Hall–Kier alpha value is -2.19. The molecule has 23 heavy (non-hydrogen) atoms. The highest BCUT2D eigenvalue weighted by atomic mass is 28.4. The Morgan fingerprint density at radius 1 is 0.913 bits per heavy atom. The molecule has 8 heteroatoms. The Kier molecular flexibility index (Phi) is 6.92. The summed E-state index contributed by atoms with van der Waals surface area (Å²) in [5.41, 5.74) is -0.0516. The van der Waals surface area contributed by atoms with Crippen molar-refractivity contribution in [2.45, 2.75) is 32.9 Å². The van der Waals surface area contributed by atoms with Gasteiger partial charge in [-0.3, -0.25) is 14.4 Å². The molecule has 0 spiro atoms. The molecule has 0 bridgehead atoms. The fourth-order valence-corrected chi connectivity index (χ4v) is 4.54. The Morgan fingerprint density at radius 2 is 1.35 bits per heavy atom. The lowest BCUT2D eigenvalue weighted by molar-refractivity contribution is -0.150. The fourth-order valence-electron chi connectivity index (χ4n) is 2.04. The van der Waals surface area contributed by atoms with Gasteiger partial charge in [-0.25, -0.2) is 0 Å². The van der Waals surface area contributed by atoms with Gasteiger partial charge in [-0.1, -0.05) is 30.3 Å². The van der Waals surface area contributed by atoms with Gasteiger partial charge in [0.05, 0.1) is 0 Å². The molecule has 1 aromatic carbocycles. The number of hydrogen-bond donors (Lipinski definition) is 0. The molecule has 0 aromatic heterocycles. The van der Waals surface area contributed by atoms with E-state index in [-0.39, 0.29) is 6.42 Å². The second-order valence-electron chi connectivity index (χ2n) is 4.80. The third kappa shape index (κ3) is 5.84. The highest BCUT2D eigenvalue weighted by Crippen LogP contribution is 2.22. The van der Waals surface area contributed by atoms with Gasteiger partial charge in [0, 0.05) is 34.3 Å². The summed E-state index contributed by atoms with van der Waals surface area (Å²) in [4.78, 5) is 34.4. The van der Waals surface area contributed by atoms with E-state index in [1.807, 2.05) is 30.3 Å². The number of benzene rings is 1. The number of methoxy groups -OCH3 is 1. The Labute approximate surface area is 135 Å². The predicted molar refractivity (Wildman–Crippen MR) is 82.0 cm³/mol. The predicted octanol–water partition coefficient (Wildman–Crippen LogP) is 1.41. The van der Waals surface area contributed by atoms with Crippen LogP contribution in [0.25, 0.3) is 0 Å². The van der Waals surface area contributed by atoms with Gasteiger partial charge in [-0.05, 0) is 5.56 Å². The van der Waals surface area contributed by atoms with Crippen molar-refractivity contribution in [2.75, 3.05) is 7.11 Å². The Balaban J connectivity index is 3.21. The van der Waals surface area contributed by atoms with E-state index in [1.54, 1.807) is 0 Å². The van der Waals surface area contributed by atoms with Crippen molar-refractivity contribution in [1.82, 2.24) is 0 Å². The normalized spacial score (nSPS) is 12.2. The van der Waals surface area contributed by atoms with Gasteiger partial charge >= 0.3 is 8.80 Å². The van der Waals surface area contributed by atoms with Crippen LogP contribution in [0.4, 0.5) is 0 Å². The monoisotopic (exact) mass is 340 g/mol. The molecule has 0 aliphatic carbocycles. The maximum absolute atomic E-state index is 11.5. The third-order valence-electron chi connectivity index (χ3n) is 2.80. The van der Waals surface area contributed by atoms with Crippen LogP contribution in [-0.2, 0) is 38.8 Å². The van der Waals surface area contributed by atoms with Crippen molar-refractivity contribution in [3.8, 4) is 0 Å². The van der Waals surface area contributed by atoms with Gasteiger partial charge in [-0.15, -0.1) is 0 Å². The van der Waals surface area contributed by atoms with Crippen LogP contribution in [0.5, 0.6) is 0 Å². The number of carbonyl (C=O) groups excluding carboxylic acids is 3. The summed E-state index contributed by atoms with van der Waals surface area (Å²) in [6.45, 7) is 3.43. The molecular weight excluding hydrogens is 320 g/mol. The Morgan fingerprint density at radius 3 is 1.70 bits per heavy atom. The van der Waals surface area contributed by atoms with Crippen LogP contribution in [0.2, 0.25) is 0 Å². The molecule has 1 aromatic rings. The van der Waals surface area contributed by atoms with E-state index >= 15 is 0 Å². The summed E-state index contributed by atoms with van der Waals surface area (Å²) >= 11 is 0. The third-order valence-corrected chi connectivity index (χ3v) is 5.75. The molecule has 1 rings (SSSR count). The van der Waals surface area contributed by atoms with Gasteiger partial charge in [0.15, 0.2) is 5.73 Å². The van der Waals surface area contributed by atoms with Crippen LogP contribution in [0.15, 0.2) is 30.3 Å². The topological polar surface area (TPSA) is 88.1 Å². The molecular formula is C15H20O7Si. The van der Waals surface area contributed by atoms with Crippen LogP contribution in [0, 0.1) is 0 Å². The first-order valence-electron chi connectivity index (χ1n) is 6.94. The SMILES string of the molecule is COC(Cc1ccccc1)[Si](OC(C)=O)(OC(C)=O)OC(C)=O. The van der Waals surface area contributed by atoms with Crippen molar-refractivity contribution in [3.05, 3.63) is 35.9 Å². The van der Waals surface area contributed by atoms with Crippen molar-refractivity contribution in [1.29, 1.82) is 0 Å². The Bertz CT molecular complexity index is 517. The quantitative estimate of drug-likeness (QED) is 0.693. The fraction of sp³-hybridized carbons (Fsp3) is 0.400. The number of hydrogen-bond acceptors (Lipinski definition) is 7. The van der Waals surface area contributed by atoms with E-state index < -0.39 is 32.4 Å². The van der Waals surface area contributed by atoms with Gasteiger partial charge < -0.3 is 18.0 Å². The molecule has 0 saturated heterocycles. The molecule has 7 nitrogen and oxygen atoms in total. The van der Waals surface area contributed by atoms with Gasteiger partial charge in [0.1, 0.15) is 0 Å². The molecule has 0 radical (unpaired) electrons. The molecule has 1 unspecified atom stereocenters. The van der Waals surface area contributed by atoms with E-state index in [0.29, 0.717) is 0 Å². The highest BCUT2D eigenvalue weighted by molar-refractivity contribution is 6.67. The summed E-state index contributed by atoms with van der Waals surface area (Å²) in [7, 11) is -2.70. The lowest BCUT2D eigenvalue weighted by Gasteiger charge is -2.31. The smallest absolute Gasteiger partial charge is 0.454 e. The van der Waals surface area contributed by atoms with Crippen LogP contribution < -0.4 is 0 Å². The second-order valence-corrected chi connectivity index (χ2v) is 7.26. The van der Waals surface area contributed by atoms with E-state index in [1.165, 1.54) is 7.11 Å². The van der Waals surface area contributed by atoms with Gasteiger partial charge in [0.25, 0.3) is 17.9 Å². The second kappa shape index (κ2) is 8.44. The van der Waals surface area contributed by atoms with Crippen molar-refractivity contribution in [3.63, 3.8) is 0 Å². The number of rotatable bonds is 7. The largest absolute Gasteiger partial charge is 0.736 e. The van der Waals surface area contributed by atoms with E-state index in [2.05, 4.69) is 0 Å². The van der Waals surface area contributed by atoms with E-state index in [0.717, 1.165) is 26.3 Å². The summed E-state index contributed by atoms with van der Waals surface area (Å²) < 4.78 is 20.9. The van der Waals surface area contributed by atoms with E-state index in [9.17, 15) is 14.4 Å². The zero-order valence-electron chi connectivity index (χ0n) is 13.5. The average Bonchev–Trinajstić information content (AvgIpc) is 2.43. The minimum atomic E-state index is -4.07. The molecule has 126 valence electrons. The molecule has 0 amide bonds. The zero-order valence-corrected chi connectivity index (χ0v) is 14.5. The molecule has 0 fully saturated rings.